The summed E-state index contributed by atoms with van der Waals surface area (Å²) in [6.45, 7) is 8.35. The average molecular weight is 206 g/mol. The van der Waals surface area contributed by atoms with E-state index in [1.807, 2.05) is 0 Å². The molecule has 1 heterocycles. The molecule has 1 rings (SSSR count). The molecule has 0 aromatic carbocycles. The molecule has 2 unspecified atom stereocenters. The maximum absolute atomic E-state index is 3.67. The molecule has 0 radical (unpaired) electrons. The second-order valence-corrected chi connectivity index (χ2v) is 4.43. The number of rotatable bonds is 2. The van der Waals surface area contributed by atoms with Crippen LogP contribution in [0.15, 0.2) is 0 Å². The smallest absolute Gasteiger partial charge is 0.0310 e. The van der Waals surface area contributed by atoms with Gasteiger partial charge in [-0.2, -0.15) is 0 Å². The summed E-state index contributed by atoms with van der Waals surface area (Å²) in [4.78, 5) is 3.27. The van der Waals surface area contributed by atoms with E-state index in [1.54, 1.807) is 0 Å². The van der Waals surface area contributed by atoms with Crippen molar-refractivity contribution in [2.24, 2.45) is 5.92 Å². The summed E-state index contributed by atoms with van der Waals surface area (Å²) in [7, 11) is 0. The molecule has 0 aromatic heterocycles. The number of alkyl halides is 1. The molecule has 0 aromatic rings. The molecule has 0 aliphatic carbocycles. The fraction of sp³-hybridized carbons (Fsp3) is 1.00. The van der Waals surface area contributed by atoms with Crippen molar-refractivity contribution in [1.82, 2.24) is 4.90 Å². The third-order valence-corrected chi connectivity index (χ3v) is 3.33. The molecular formula is C8H16BrN. The summed E-state index contributed by atoms with van der Waals surface area (Å²) in [5.41, 5.74) is 0. The molecule has 0 spiro atoms. The summed E-state index contributed by atoms with van der Waals surface area (Å²) in [6.07, 6.45) is 1.28. The number of halogens is 1. The Kier molecular flexibility index (Phi) is 3.18. The monoisotopic (exact) mass is 205 g/mol. The van der Waals surface area contributed by atoms with E-state index in [-0.39, 0.29) is 0 Å². The Balaban J connectivity index is 2.27. The Morgan fingerprint density at radius 1 is 1.50 bits per heavy atom. The molecule has 1 aliphatic heterocycles. The van der Waals surface area contributed by atoms with Gasteiger partial charge in [-0.05, 0) is 18.9 Å². The van der Waals surface area contributed by atoms with Gasteiger partial charge >= 0.3 is 0 Å². The number of hydrogen-bond donors (Lipinski definition) is 0. The third-order valence-electron chi connectivity index (χ3n) is 2.14. The van der Waals surface area contributed by atoms with Gasteiger partial charge < -0.3 is 4.90 Å². The van der Waals surface area contributed by atoms with Crippen molar-refractivity contribution >= 4 is 15.9 Å². The standard InChI is InChI=1S/C8H16BrN/c1-3-4-10-5-7(2)8(9)6-10/h7-8H,3-6H2,1-2H3. The van der Waals surface area contributed by atoms with Gasteiger partial charge in [0.1, 0.15) is 0 Å². The van der Waals surface area contributed by atoms with Crippen molar-refractivity contribution in [1.29, 1.82) is 0 Å². The van der Waals surface area contributed by atoms with Gasteiger partial charge in [-0.3, -0.25) is 0 Å². The van der Waals surface area contributed by atoms with Gasteiger partial charge in [-0.15, -0.1) is 0 Å². The maximum atomic E-state index is 3.67. The number of nitrogens with zero attached hydrogens (tertiary/aromatic N) is 1. The maximum Gasteiger partial charge on any atom is 0.0310 e. The van der Waals surface area contributed by atoms with Gasteiger partial charge in [0, 0.05) is 17.9 Å². The van der Waals surface area contributed by atoms with Crippen LogP contribution in [0.3, 0.4) is 0 Å². The molecule has 10 heavy (non-hydrogen) atoms. The zero-order valence-electron chi connectivity index (χ0n) is 6.81. The second kappa shape index (κ2) is 3.72. The number of likely N-dealkylation sites (tertiary alicyclic amines) is 1. The predicted molar refractivity (Wildman–Crippen MR) is 48.6 cm³/mol. The first kappa shape index (κ1) is 8.54. The summed E-state index contributed by atoms with van der Waals surface area (Å²) in [5.74, 6) is 0.839. The van der Waals surface area contributed by atoms with Crippen LogP contribution in [-0.2, 0) is 0 Å². The largest absolute Gasteiger partial charge is 0.302 e. The molecule has 1 aliphatic rings. The van der Waals surface area contributed by atoms with E-state index in [9.17, 15) is 0 Å². The van der Waals surface area contributed by atoms with Gasteiger partial charge in [0.15, 0.2) is 0 Å². The minimum absolute atomic E-state index is 0.735. The van der Waals surface area contributed by atoms with Crippen LogP contribution in [0.5, 0.6) is 0 Å². The van der Waals surface area contributed by atoms with Gasteiger partial charge in [0.25, 0.3) is 0 Å². The number of hydrogen-bond acceptors (Lipinski definition) is 1. The Morgan fingerprint density at radius 3 is 2.60 bits per heavy atom. The first-order valence-corrected chi connectivity index (χ1v) is 5.02. The molecule has 1 saturated heterocycles. The van der Waals surface area contributed by atoms with E-state index in [4.69, 9.17) is 0 Å². The van der Waals surface area contributed by atoms with Crippen molar-refractivity contribution in [3.8, 4) is 0 Å². The van der Waals surface area contributed by atoms with E-state index in [2.05, 4.69) is 34.7 Å². The van der Waals surface area contributed by atoms with Crippen molar-refractivity contribution in [2.75, 3.05) is 19.6 Å². The fourth-order valence-corrected chi connectivity index (χ4v) is 2.10. The van der Waals surface area contributed by atoms with E-state index in [0.717, 1.165) is 10.7 Å². The first-order valence-electron chi connectivity index (χ1n) is 4.10. The third kappa shape index (κ3) is 1.96. The SMILES string of the molecule is CCCN1CC(C)C(Br)C1. The van der Waals surface area contributed by atoms with E-state index >= 15 is 0 Å². The van der Waals surface area contributed by atoms with E-state index in [1.165, 1.54) is 26.1 Å². The van der Waals surface area contributed by atoms with Crippen LogP contribution in [0.4, 0.5) is 0 Å². The highest BCUT2D eigenvalue weighted by atomic mass is 79.9. The lowest BCUT2D eigenvalue weighted by Crippen LogP contribution is -2.21. The molecule has 1 nitrogen and oxygen atoms in total. The molecule has 60 valence electrons. The van der Waals surface area contributed by atoms with Crippen molar-refractivity contribution in [3.05, 3.63) is 0 Å². The van der Waals surface area contributed by atoms with Crippen LogP contribution >= 0.6 is 15.9 Å². The molecule has 0 amide bonds. The van der Waals surface area contributed by atoms with Gasteiger partial charge in [0.05, 0.1) is 0 Å². The van der Waals surface area contributed by atoms with Crippen LogP contribution in [0.25, 0.3) is 0 Å². The zero-order chi connectivity index (χ0) is 7.56. The van der Waals surface area contributed by atoms with Gasteiger partial charge in [0.2, 0.25) is 0 Å². The highest BCUT2D eigenvalue weighted by Crippen LogP contribution is 2.22. The first-order chi connectivity index (χ1) is 4.74. The van der Waals surface area contributed by atoms with Gasteiger partial charge in [-0.1, -0.05) is 29.8 Å². The van der Waals surface area contributed by atoms with Gasteiger partial charge in [-0.25, -0.2) is 0 Å². The lowest BCUT2D eigenvalue weighted by atomic mass is 10.2. The molecule has 0 saturated carbocycles. The Hall–Kier alpha value is 0.440. The molecule has 2 atom stereocenters. The molecule has 0 bridgehead atoms. The lowest BCUT2D eigenvalue weighted by Gasteiger charge is -2.12. The molecular weight excluding hydrogens is 190 g/mol. The Labute approximate surface area is 71.9 Å². The van der Waals surface area contributed by atoms with Crippen LogP contribution in [-0.4, -0.2) is 29.4 Å². The lowest BCUT2D eigenvalue weighted by molar-refractivity contribution is 0.329. The van der Waals surface area contributed by atoms with E-state index < -0.39 is 0 Å². The summed E-state index contributed by atoms with van der Waals surface area (Å²) in [6, 6.07) is 0. The highest BCUT2D eigenvalue weighted by Gasteiger charge is 2.26. The summed E-state index contributed by atoms with van der Waals surface area (Å²) >= 11 is 3.67. The Morgan fingerprint density at radius 2 is 2.20 bits per heavy atom. The fourth-order valence-electron chi connectivity index (χ4n) is 1.52. The summed E-state index contributed by atoms with van der Waals surface area (Å²) in [5, 5.41) is 0. The molecule has 2 heteroatoms. The van der Waals surface area contributed by atoms with Crippen molar-refractivity contribution in [2.45, 2.75) is 25.1 Å². The normalized spacial score (nSPS) is 35.1. The quantitative estimate of drug-likeness (QED) is 0.625. The van der Waals surface area contributed by atoms with Crippen molar-refractivity contribution in [3.63, 3.8) is 0 Å². The van der Waals surface area contributed by atoms with Crippen LogP contribution in [0.2, 0.25) is 0 Å². The van der Waals surface area contributed by atoms with Crippen LogP contribution in [0.1, 0.15) is 20.3 Å². The average Bonchev–Trinajstić information content (AvgIpc) is 2.14. The molecule has 0 N–H and O–H groups in total. The predicted octanol–water partition coefficient (Wildman–Crippen LogP) is 2.11. The van der Waals surface area contributed by atoms with E-state index in [0.29, 0.717) is 0 Å². The van der Waals surface area contributed by atoms with Crippen LogP contribution in [0, 0.1) is 5.92 Å². The minimum atomic E-state index is 0.735. The highest BCUT2D eigenvalue weighted by molar-refractivity contribution is 9.09. The second-order valence-electron chi connectivity index (χ2n) is 3.25. The molecule has 1 fully saturated rings. The Bertz CT molecular complexity index is 95.4. The zero-order valence-corrected chi connectivity index (χ0v) is 8.39. The van der Waals surface area contributed by atoms with Crippen molar-refractivity contribution < 1.29 is 0 Å². The van der Waals surface area contributed by atoms with Crippen LogP contribution < -0.4 is 0 Å². The summed E-state index contributed by atoms with van der Waals surface area (Å²) < 4.78 is 0. The topological polar surface area (TPSA) is 3.24 Å². The minimum Gasteiger partial charge on any atom is -0.302 e.